The van der Waals surface area contributed by atoms with Crippen molar-refractivity contribution < 1.29 is 27.4 Å². The summed E-state index contributed by atoms with van der Waals surface area (Å²) in [5.74, 6) is 1.12. The first-order chi connectivity index (χ1) is 17.7. The van der Waals surface area contributed by atoms with Crippen LogP contribution in [0.25, 0.3) is 0 Å². The van der Waals surface area contributed by atoms with Gasteiger partial charge in [0.25, 0.3) is 15.9 Å². The van der Waals surface area contributed by atoms with Gasteiger partial charge >= 0.3 is 0 Å². The van der Waals surface area contributed by atoms with Gasteiger partial charge in [0, 0.05) is 5.02 Å². The Bertz CT molecular complexity index is 1390. The van der Waals surface area contributed by atoms with E-state index in [1.165, 1.54) is 29.6 Å². The number of carbonyl (C=O) groups excluding carboxylic acids is 1. The predicted molar refractivity (Wildman–Crippen MR) is 142 cm³/mol. The van der Waals surface area contributed by atoms with Crippen LogP contribution in [0.5, 0.6) is 17.2 Å². The van der Waals surface area contributed by atoms with E-state index in [0.29, 0.717) is 17.2 Å². The van der Waals surface area contributed by atoms with Gasteiger partial charge in [-0.15, -0.1) is 0 Å². The first-order valence-electron chi connectivity index (χ1n) is 11.8. The van der Waals surface area contributed by atoms with Crippen LogP contribution in [0.15, 0.2) is 65.6 Å². The lowest BCUT2D eigenvalue weighted by molar-refractivity contribution is -0.128. The average molecular weight is 545 g/mol. The molecule has 0 aliphatic carbocycles. The number of carbonyl (C=O) groups is 1. The standard InChI is InChI=1S/C27H29ClN2O6S/c1-5-22(18-6-12-24(35-4)17(2)14-18)29-27(31)26-16-30(23-15-19(28)7-13-25(23)36-26)37(32,33)21-10-8-20(34-3)9-11-21/h6-15,22,26H,5,16H2,1-4H3,(H,29,31)/t22-,26+/m0/s1. The topological polar surface area (TPSA) is 94.2 Å². The molecule has 3 aromatic rings. The van der Waals surface area contributed by atoms with Crippen molar-refractivity contribution >= 4 is 33.2 Å². The molecule has 0 bridgehead atoms. The number of methoxy groups -OCH3 is 2. The monoisotopic (exact) mass is 544 g/mol. The molecule has 0 radical (unpaired) electrons. The van der Waals surface area contributed by atoms with Gasteiger partial charge in [-0.2, -0.15) is 0 Å². The number of hydrogen-bond acceptors (Lipinski definition) is 6. The van der Waals surface area contributed by atoms with Gasteiger partial charge in [0.2, 0.25) is 0 Å². The van der Waals surface area contributed by atoms with Crippen molar-refractivity contribution in [2.45, 2.75) is 37.3 Å². The number of fused-ring (bicyclic) bond motifs is 1. The highest BCUT2D eigenvalue weighted by molar-refractivity contribution is 7.92. The summed E-state index contributed by atoms with van der Waals surface area (Å²) in [4.78, 5) is 13.4. The number of benzene rings is 3. The molecule has 0 spiro atoms. The Labute approximate surface area is 222 Å². The van der Waals surface area contributed by atoms with Gasteiger partial charge in [-0.1, -0.05) is 30.7 Å². The maximum absolute atomic E-state index is 13.7. The molecule has 1 amide bonds. The molecule has 1 heterocycles. The molecule has 0 fully saturated rings. The summed E-state index contributed by atoms with van der Waals surface area (Å²) in [6, 6.07) is 16.2. The molecule has 1 aliphatic rings. The summed E-state index contributed by atoms with van der Waals surface area (Å²) in [5, 5.41) is 3.37. The third kappa shape index (κ3) is 5.47. The summed E-state index contributed by atoms with van der Waals surface area (Å²) in [5.41, 5.74) is 2.13. The lowest BCUT2D eigenvalue weighted by Gasteiger charge is -2.35. The molecular formula is C27H29ClN2O6S. The van der Waals surface area contributed by atoms with Gasteiger partial charge in [0.15, 0.2) is 6.10 Å². The van der Waals surface area contributed by atoms with E-state index in [0.717, 1.165) is 16.9 Å². The van der Waals surface area contributed by atoms with Gasteiger partial charge < -0.3 is 19.5 Å². The van der Waals surface area contributed by atoms with E-state index in [4.69, 9.17) is 25.8 Å². The predicted octanol–water partition coefficient (Wildman–Crippen LogP) is 4.89. The molecule has 1 aliphatic heterocycles. The second-order valence-electron chi connectivity index (χ2n) is 8.63. The average Bonchev–Trinajstić information content (AvgIpc) is 2.90. The Balaban J connectivity index is 1.64. The maximum atomic E-state index is 13.7. The van der Waals surface area contributed by atoms with Crippen molar-refractivity contribution in [1.82, 2.24) is 5.32 Å². The van der Waals surface area contributed by atoms with Crippen LogP contribution in [0, 0.1) is 6.92 Å². The molecule has 8 nitrogen and oxygen atoms in total. The Morgan fingerprint density at radius 2 is 1.84 bits per heavy atom. The zero-order valence-corrected chi connectivity index (χ0v) is 22.6. The lowest BCUT2D eigenvalue weighted by atomic mass is 10.0. The molecule has 37 heavy (non-hydrogen) atoms. The summed E-state index contributed by atoms with van der Waals surface area (Å²) in [6.07, 6.45) is -0.445. The van der Waals surface area contributed by atoms with Crippen molar-refractivity contribution in [1.29, 1.82) is 0 Å². The molecule has 0 aromatic heterocycles. The molecule has 196 valence electrons. The Morgan fingerprint density at radius 1 is 1.11 bits per heavy atom. The molecule has 1 N–H and O–H groups in total. The van der Waals surface area contributed by atoms with Crippen LogP contribution < -0.4 is 23.8 Å². The summed E-state index contributed by atoms with van der Waals surface area (Å²) < 4.78 is 45.0. The Morgan fingerprint density at radius 3 is 2.46 bits per heavy atom. The number of hydrogen-bond donors (Lipinski definition) is 1. The van der Waals surface area contributed by atoms with Crippen LogP contribution in [0.4, 0.5) is 5.69 Å². The second-order valence-corrected chi connectivity index (χ2v) is 10.9. The Hall–Kier alpha value is -3.43. The van der Waals surface area contributed by atoms with Crippen LogP contribution in [-0.2, 0) is 14.8 Å². The third-order valence-corrected chi connectivity index (χ3v) is 8.31. The molecule has 4 rings (SSSR count). The van der Waals surface area contributed by atoms with Gasteiger partial charge in [0.1, 0.15) is 17.2 Å². The summed E-state index contributed by atoms with van der Waals surface area (Å²) in [7, 11) is -0.925. The number of nitrogens with zero attached hydrogens (tertiary/aromatic N) is 1. The van der Waals surface area contributed by atoms with Crippen molar-refractivity contribution in [3.05, 3.63) is 76.8 Å². The summed E-state index contributed by atoms with van der Waals surface area (Å²) in [6.45, 7) is 3.68. The first kappa shape index (κ1) is 26.6. The third-order valence-electron chi connectivity index (χ3n) is 6.28. The number of rotatable bonds is 8. The highest BCUT2D eigenvalue weighted by Crippen LogP contribution is 2.39. The van der Waals surface area contributed by atoms with Crippen LogP contribution in [0.3, 0.4) is 0 Å². The second kappa shape index (κ2) is 10.9. The smallest absolute Gasteiger partial charge is 0.264 e. The number of anilines is 1. The summed E-state index contributed by atoms with van der Waals surface area (Å²) >= 11 is 6.18. The minimum atomic E-state index is -4.04. The van der Waals surface area contributed by atoms with E-state index in [9.17, 15) is 13.2 Å². The quantitative estimate of drug-likeness (QED) is 0.434. The molecule has 10 heteroatoms. The van der Waals surface area contributed by atoms with Gasteiger partial charge in [0.05, 0.1) is 37.4 Å². The van der Waals surface area contributed by atoms with E-state index >= 15 is 0 Å². The first-order valence-corrected chi connectivity index (χ1v) is 13.6. The van der Waals surface area contributed by atoms with Crippen LogP contribution in [-0.4, -0.2) is 41.2 Å². The van der Waals surface area contributed by atoms with Crippen LogP contribution in [0.1, 0.15) is 30.5 Å². The lowest BCUT2D eigenvalue weighted by Crippen LogP contribution is -2.51. The Kier molecular flexibility index (Phi) is 7.85. The highest BCUT2D eigenvalue weighted by Gasteiger charge is 2.38. The normalized spacial score (nSPS) is 15.8. The fraction of sp³-hybridized carbons (Fsp3) is 0.296. The van der Waals surface area contributed by atoms with Crippen molar-refractivity contribution in [3.8, 4) is 17.2 Å². The van der Waals surface area contributed by atoms with Gasteiger partial charge in [-0.05, 0) is 73.0 Å². The highest BCUT2D eigenvalue weighted by atomic mass is 35.5. The van der Waals surface area contributed by atoms with E-state index in [-0.39, 0.29) is 28.9 Å². The zero-order valence-electron chi connectivity index (χ0n) is 21.0. The number of amides is 1. The van der Waals surface area contributed by atoms with Crippen molar-refractivity contribution in [3.63, 3.8) is 0 Å². The zero-order chi connectivity index (χ0) is 26.7. The van der Waals surface area contributed by atoms with E-state index in [1.54, 1.807) is 31.4 Å². The van der Waals surface area contributed by atoms with E-state index < -0.39 is 22.0 Å². The number of halogens is 1. The molecular weight excluding hydrogens is 516 g/mol. The number of nitrogens with one attached hydrogen (secondary N) is 1. The van der Waals surface area contributed by atoms with E-state index in [2.05, 4.69) is 5.32 Å². The fourth-order valence-electron chi connectivity index (χ4n) is 4.27. The fourth-order valence-corrected chi connectivity index (χ4v) is 5.90. The minimum absolute atomic E-state index is 0.0560. The van der Waals surface area contributed by atoms with Crippen LogP contribution >= 0.6 is 11.6 Å². The van der Waals surface area contributed by atoms with Gasteiger partial charge in [-0.3, -0.25) is 9.10 Å². The molecule has 3 aromatic carbocycles. The van der Waals surface area contributed by atoms with Crippen molar-refractivity contribution in [2.75, 3.05) is 25.1 Å². The number of ether oxygens (including phenoxy) is 3. The maximum Gasteiger partial charge on any atom is 0.264 e. The number of sulfonamides is 1. The molecule has 0 saturated carbocycles. The molecule has 0 saturated heterocycles. The van der Waals surface area contributed by atoms with Crippen LogP contribution in [0.2, 0.25) is 5.02 Å². The number of aryl methyl sites for hydroxylation is 1. The van der Waals surface area contributed by atoms with Gasteiger partial charge in [-0.25, -0.2) is 8.42 Å². The largest absolute Gasteiger partial charge is 0.497 e. The van der Waals surface area contributed by atoms with Crippen molar-refractivity contribution in [2.24, 2.45) is 0 Å². The SMILES string of the molecule is CC[C@H](NC(=O)[C@H]1CN(S(=O)(=O)c2ccc(OC)cc2)c2cc(Cl)ccc2O1)c1ccc(OC)c(C)c1. The van der Waals surface area contributed by atoms with E-state index in [1.807, 2.05) is 32.0 Å². The molecule has 2 atom stereocenters. The molecule has 0 unspecified atom stereocenters. The minimum Gasteiger partial charge on any atom is -0.497 e.